The number of fused-ring (bicyclic) bond motifs is 3. The van der Waals surface area contributed by atoms with Crippen LogP contribution in [0.15, 0.2) is 65.1 Å². The number of rotatable bonds is 7. The molecule has 1 aliphatic carbocycles. The molecule has 2 heterocycles. The molecule has 1 fully saturated rings. The lowest BCUT2D eigenvalue weighted by Crippen LogP contribution is -2.56. The lowest BCUT2D eigenvalue weighted by atomic mass is 9.71. The number of halogens is 2. The Morgan fingerprint density at radius 2 is 1.73 bits per heavy atom. The van der Waals surface area contributed by atoms with Gasteiger partial charge in [0.25, 0.3) is 0 Å². The van der Waals surface area contributed by atoms with Gasteiger partial charge in [-0.25, -0.2) is 4.98 Å². The van der Waals surface area contributed by atoms with Crippen LogP contribution in [0.4, 0.5) is 0 Å². The van der Waals surface area contributed by atoms with Crippen LogP contribution < -0.4 is 9.47 Å². The number of ether oxygens (including phenoxy) is 2. The van der Waals surface area contributed by atoms with Crippen molar-refractivity contribution in [1.82, 2.24) is 9.88 Å². The first kappa shape index (κ1) is 30.5. The maximum absolute atomic E-state index is 13.6. The molecule has 2 aromatic carbocycles. The molecule has 0 spiro atoms. The molecule has 3 aromatic rings. The van der Waals surface area contributed by atoms with Gasteiger partial charge in [-0.15, -0.1) is 0 Å². The first-order valence-electron chi connectivity index (χ1n) is 14.0. The Hall–Kier alpha value is -1.94. The van der Waals surface area contributed by atoms with Crippen molar-refractivity contribution in [3.63, 3.8) is 0 Å². The van der Waals surface area contributed by atoms with Crippen LogP contribution in [-0.2, 0) is 15.6 Å². The third-order valence-electron chi connectivity index (χ3n) is 9.23. The maximum atomic E-state index is 13.6. The highest BCUT2D eigenvalue weighted by atomic mass is 79.9. The Balaban J connectivity index is 1.91. The number of methoxy groups -OCH3 is 1. The van der Waals surface area contributed by atoms with Gasteiger partial charge in [0.15, 0.2) is 19.5 Å². The number of aliphatic hydroxyl groups is 1. The fourth-order valence-corrected chi connectivity index (χ4v) is 8.29. The van der Waals surface area contributed by atoms with Crippen molar-refractivity contribution < 1.29 is 19.0 Å². The summed E-state index contributed by atoms with van der Waals surface area (Å²) in [5.74, 6) is 0.266. The molecule has 0 radical (unpaired) electrons. The summed E-state index contributed by atoms with van der Waals surface area (Å²) < 4.78 is 21.2. The van der Waals surface area contributed by atoms with Gasteiger partial charge < -0.3 is 23.9 Å². The van der Waals surface area contributed by atoms with Gasteiger partial charge in [-0.2, -0.15) is 0 Å². The van der Waals surface area contributed by atoms with Crippen molar-refractivity contribution in [2.75, 3.05) is 27.7 Å². The van der Waals surface area contributed by atoms with Crippen molar-refractivity contribution in [3.05, 3.63) is 87.0 Å². The second-order valence-electron chi connectivity index (χ2n) is 13.1. The van der Waals surface area contributed by atoms with Crippen molar-refractivity contribution in [2.24, 2.45) is 5.92 Å². The summed E-state index contributed by atoms with van der Waals surface area (Å²) >= 11 is 10.1. The zero-order chi connectivity index (χ0) is 30.0. The number of aromatic nitrogens is 1. The van der Waals surface area contributed by atoms with Gasteiger partial charge in [-0.3, -0.25) is 0 Å². The van der Waals surface area contributed by atoms with Gasteiger partial charge in [-0.1, -0.05) is 90.8 Å². The largest absolute Gasteiger partial charge is 0.481 e. The summed E-state index contributed by atoms with van der Waals surface area (Å²) in [6, 6.07) is 20.1. The SMILES string of the molecule is COc1nc(Cl)cc2c1[C@]1(O)[C@H](O[Si](C)(C)C(C)(C)C)[C@H](CN(C)C)[C@@H](c3ccccc3)[C@]1(c1ccc(Br)cc1)O2. The van der Waals surface area contributed by atoms with Crippen LogP contribution in [0.2, 0.25) is 23.3 Å². The van der Waals surface area contributed by atoms with Gasteiger partial charge >= 0.3 is 0 Å². The molecule has 5 atom stereocenters. The predicted molar refractivity (Wildman–Crippen MR) is 169 cm³/mol. The van der Waals surface area contributed by atoms with Crippen molar-refractivity contribution in [1.29, 1.82) is 0 Å². The zero-order valence-electron chi connectivity index (χ0n) is 25.0. The molecule has 1 aromatic heterocycles. The molecule has 0 amide bonds. The van der Waals surface area contributed by atoms with Crippen LogP contribution in [0, 0.1) is 5.92 Å². The molecule has 41 heavy (non-hydrogen) atoms. The van der Waals surface area contributed by atoms with Gasteiger partial charge in [0.05, 0.1) is 18.8 Å². The normalized spacial score (nSPS) is 27.5. The van der Waals surface area contributed by atoms with Crippen LogP contribution in [0.3, 0.4) is 0 Å². The molecule has 220 valence electrons. The predicted octanol–water partition coefficient (Wildman–Crippen LogP) is 7.35. The lowest BCUT2D eigenvalue weighted by molar-refractivity contribution is -0.148. The smallest absolute Gasteiger partial charge is 0.224 e. The van der Waals surface area contributed by atoms with E-state index < -0.39 is 25.6 Å². The van der Waals surface area contributed by atoms with E-state index >= 15 is 0 Å². The van der Waals surface area contributed by atoms with E-state index in [1.165, 1.54) is 0 Å². The number of hydrogen-bond donors (Lipinski definition) is 1. The number of nitrogens with zero attached hydrogens (tertiary/aromatic N) is 2. The average Bonchev–Trinajstić information content (AvgIpc) is 3.25. The van der Waals surface area contributed by atoms with Gasteiger partial charge in [0.1, 0.15) is 10.9 Å². The van der Waals surface area contributed by atoms with Gasteiger partial charge in [0.2, 0.25) is 5.88 Å². The van der Waals surface area contributed by atoms with E-state index in [-0.39, 0.29) is 27.9 Å². The highest BCUT2D eigenvalue weighted by molar-refractivity contribution is 9.10. The minimum absolute atomic E-state index is 0.0955. The van der Waals surface area contributed by atoms with E-state index in [1.54, 1.807) is 13.2 Å². The molecule has 6 nitrogen and oxygen atoms in total. The second-order valence-corrected chi connectivity index (χ2v) is 19.1. The van der Waals surface area contributed by atoms with E-state index in [2.05, 4.69) is 85.9 Å². The van der Waals surface area contributed by atoms with Crippen LogP contribution >= 0.6 is 27.5 Å². The Morgan fingerprint density at radius 1 is 1.10 bits per heavy atom. The van der Waals surface area contributed by atoms with Crippen molar-refractivity contribution >= 4 is 35.8 Å². The first-order chi connectivity index (χ1) is 19.2. The summed E-state index contributed by atoms with van der Waals surface area (Å²) in [6.45, 7) is 11.8. The molecule has 1 saturated carbocycles. The fourth-order valence-electron chi connectivity index (χ4n) is 6.52. The summed E-state index contributed by atoms with van der Waals surface area (Å²) in [5, 5.41) is 13.8. The van der Waals surface area contributed by atoms with Gasteiger partial charge in [0, 0.05) is 28.9 Å². The summed E-state index contributed by atoms with van der Waals surface area (Å²) in [5.41, 5.74) is -0.525. The van der Waals surface area contributed by atoms with Crippen LogP contribution in [0.1, 0.15) is 43.4 Å². The molecule has 0 unspecified atom stereocenters. The van der Waals surface area contributed by atoms with E-state index in [9.17, 15) is 5.11 Å². The lowest BCUT2D eigenvalue weighted by Gasteiger charge is -2.45. The minimum Gasteiger partial charge on any atom is -0.481 e. The first-order valence-corrected chi connectivity index (χ1v) is 18.0. The standard InChI is InChI=1S/C32H40BrClN2O4Si/c1-30(2,3)41(7,8)40-28-23(19-36(4)5)26(20-12-10-9-11-13-20)32(21-14-16-22(33)17-15-21)31(28,37)27-24(39-32)18-25(34)35-29(27)38-6/h9-18,23,26,28,37H,19H2,1-8H3/t23-,26-,28-,31+,32+/m1/s1. The van der Waals surface area contributed by atoms with Crippen LogP contribution in [-0.4, -0.2) is 57.2 Å². The van der Waals surface area contributed by atoms with E-state index in [0.29, 0.717) is 17.9 Å². The Morgan fingerprint density at radius 3 is 2.29 bits per heavy atom. The molecule has 9 heteroatoms. The highest BCUT2D eigenvalue weighted by Gasteiger charge is 2.78. The Kier molecular flexibility index (Phi) is 7.92. The summed E-state index contributed by atoms with van der Waals surface area (Å²) in [6.07, 6.45) is -0.641. The third-order valence-corrected chi connectivity index (χ3v) is 14.4. The molecule has 5 rings (SSSR count). The number of hydrogen-bond acceptors (Lipinski definition) is 6. The minimum atomic E-state index is -2.43. The molecule has 2 aliphatic rings. The van der Waals surface area contributed by atoms with Crippen LogP contribution in [0.25, 0.3) is 0 Å². The van der Waals surface area contributed by atoms with Crippen molar-refractivity contribution in [3.8, 4) is 11.6 Å². The highest BCUT2D eigenvalue weighted by Crippen LogP contribution is 2.71. The fraction of sp³-hybridized carbons (Fsp3) is 0.469. The quantitative estimate of drug-likeness (QED) is 0.212. The average molecular weight is 660 g/mol. The second kappa shape index (κ2) is 10.6. The molecule has 0 bridgehead atoms. The Labute approximate surface area is 258 Å². The monoisotopic (exact) mass is 658 g/mol. The zero-order valence-corrected chi connectivity index (χ0v) is 28.4. The Bertz CT molecular complexity index is 1420. The molecule has 0 saturated heterocycles. The topological polar surface area (TPSA) is 64.0 Å². The number of pyridine rings is 1. The van der Waals surface area contributed by atoms with Crippen molar-refractivity contribution in [2.45, 2.75) is 62.1 Å². The van der Waals surface area contributed by atoms with E-state index in [0.717, 1.165) is 15.6 Å². The molecule has 1 aliphatic heterocycles. The summed E-state index contributed by atoms with van der Waals surface area (Å²) in [4.78, 5) is 6.68. The maximum Gasteiger partial charge on any atom is 0.224 e. The van der Waals surface area contributed by atoms with Gasteiger partial charge in [-0.05, 0) is 55.5 Å². The number of benzene rings is 2. The molecular weight excluding hydrogens is 620 g/mol. The third kappa shape index (κ3) is 4.75. The van der Waals surface area contributed by atoms with E-state index in [1.807, 2.05) is 42.5 Å². The molecular formula is C32H40BrClN2O4Si. The summed E-state index contributed by atoms with van der Waals surface area (Å²) in [7, 11) is 3.24. The van der Waals surface area contributed by atoms with E-state index in [4.69, 9.17) is 25.5 Å². The van der Waals surface area contributed by atoms with Crippen LogP contribution in [0.5, 0.6) is 11.6 Å². The molecule has 1 N–H and O–H groups in total.